The van der Waals surface area contributed by atoms with Crippen molar-refractivity contribution in [3.8, 4) is 5.75 Å². The second-order valence-electron chi connectivity index (χ2n) is 8.70. The van der Waals surface area contributed by atoms with E-state index in [1.165, 1.54) is 5.56 Å². The zero-order valence-corrected chi connectivity index (χ0v) is 19.0. The summed E-state index contributed by atoms with van der Waals surface area (Å²) >= 11 is 0. The molecule has 2 heterocycles. The second-order valence-corrected chi connectivity index (χ2v) is 13.3. The standard InChI is InChI=1S/C23H33N3O2S/c1-17(2)20-12-13-24-21(22(20)27)11-8-18-6-9-19(10-7-18)23-25-26(23)16-28-14-15-29(3,4)5/h6-7,9-10,12-13,17,27H,8,11,14-16H2,1-5H3. The molecule has 0 unspecified atom stereocenters. The first-order valence-corrected chi connectivity index (χ1v) is 13.1. The van der Waals surface area contributed by atoms with E-state index in [1.54, 1.807) is 6.20 Å². The minimum absolute atomic E-state index is 0.289. The third kappa shape index (κ3) is 6.21. The predicted octanol–water partition coefficient (Wildman–Crippen LogP) is 4.34. The number of hydrogen-bond acceptors (Lipinski definition) is 5. The predicted molar refractivity (Wildman–Crippen MR) is 123 cm³/mol. The highest BCUT2D eigenvalue weighted by Gasteiger charge is 2.25. The summed E-state index contributed by atoms with van der Waals surface area (Å²) in [5.41, 5.74) is 4.07. The van der Waals surface area contributed by atoms with Crippen LogP contribution in [0.5, 0.6) is 5.75 Å². The summed E-state index contributed by atoms with van der Waals surface area (Å²) in [6.07, 6.45) is 10.3. The van der Waals surface area contributed by atoms with Gasteiger partial charge in [0.05, 0.1) is 12.3 Å². The maximum Gasteiger partial charge on any atom is 0.179 e. The van der Waals surface area contributed by atoms with Gasteiger partial charge >= 0.3 is 0 Å². The van der Waals surface area contributed by atoms with Crippen LogP contribution in [0.1, 0.15) is 42.1 Å². The van der Waals surface area contributed by atoms with E-state index >= 15 is 0 Å². The molecule has 0 saturated heterocycles. The van der Waals surface area contributed by atoms with Gasteiger partial charge in [-0.25, -0.2) is 15.0 Å². The first kappa shape index (κ1) is 21.7. The van der Waals surface area contributed by atoms with Crippen LogP contribution >= 0.6 is 10.0 Å². The van der Waals surface area contributed by atoms with Crippen LogP contribution in [0.25, 0.3) is 0 Å². The summed E-state index contributed by atoms with van der Waals surface area (Å²) in [6.45, 7) is 5.48. The zero-order chi connectivity index (χ0) is 21.0. The number of ether oxygens (including phenoxy) is 1. The molecule has 1 aliphatic rings. The molecule has 0 saturated carbocycles. The lowest BCUT2D eigenvalue weighted by molar-refractivity contribution is 0.0957. The Balaban J connectivity index is 1.47. The summed E-state index contributed by atoms with van der Waals surface area (Å²) in [4.78, 5) is 4.36. The number of nitrogens with zero attached hydrogens (tertiary/aromatic N) is 3. The lowest BCUT2D eigenvalue weighted by Crippen LogP contribution is -2.15. The molecule has 2 aromatic rings. The molecular formula is C23H33N3O2S. The van der Waals surface area contributed by atoms with Crippen molar-refractivity contribution in [3.63, 3.8) is 0 Å². The van der Waals surface area contributed by atoms with Gasteiger partial charge in [-0.2, -0.15) is 0 Å². The second kappa shape index (κ2) is 9.18. The third-order valence-corrected chi connectivity index (χ3v) is 6.38. The van der Waals surface area contributed by atoms with Gasteiger partial charge in [0.2, 0.25) is 0 Å². The number of pyridine rings is 1. The first-order valence-electron chi connectivity index (χ1n) is 10.1. The minimum atomic E-state index is -0.508. The molecule has 0 aliphatic carbocycles. The Morgan fingerprint density at radius 2 is 1.79 bits per heavy atom. The molecule has 1 N–H and O–H groups in total. The van der Waals surface area contributed by atoms with Crippen molar-refractivity contribution in [2.75, 3.05) is 37.9 Å². The van der Waals surface area contributed by atoms with E-state index in [0.29, 0.717) is 12.5 Å². The Bertz CT molecular complexity index is 857. The van der Waals surface area contributed by atoms with Crippen LogP contribution < -0.4 is 0 Å². The van der Waals surface area contributed by atoms with Crippen molar-refractivity contribution in [2.24, 2.45) is 5.10 Å². The van der Waals surface area contributed by atoms with Crippen LogP contribution in [0.15, 0.2) is 41.6 Å². The molecular weight excluding hydrogens is 382 g/mol. The molecule has 0 bridgehead atoms. The van der Waals surface area contributed by atoms with Crippen LogP contribution in [-0.4, -0.2) is 58.8 Å². The number of hydrazone groups is 1. The molecule has 1 aromatic carbocycles. The van der Waals surface area contributed by atoms with Gasteiger partial charge in [-0.05, 0) is 54.7 Å². The lowest BCUT2D eigenvalue weighted by atomic mass is 9.99. The van der Waals surface area contributed by atoms with Gasteiger partial charge in [-0.3, -0.25) is 4.98 Å². The van der Waals surface area contributed by atoms with Crippen molar-refractivity contribution in [1.29, 1.82) is 0 Å². The van der Waals surface area contributed by atoms with Gasteiger partial charge in [0.15, 0.2) is 5.84 Å². The fourth-order valence-corrected chi connectivity index (χ4v) is 3.71. The monoisotopic (exact) mass is 415 g/mol. The Labute approximate surface area is 176 Å². The molecule has 5 nitrogen and oxygen atoms in total. The van der Waals surface area contributed by atoms with Gasteiger partial charge in [0.25, 0.3) is 0 Å². The largest absolute Gasteiger partial charge is 0.506 e. The van der Waals surface area contributed by atoms with Crippen molar-refractivity contribution in [2.45, 2.75) is 32.6 Å². The van der Waals surface area contributed by atoms with E-state index in [9.17, 15) is 5.11 Å². The number of aromatic nitrogens is 1. The maximum atomic E-state index is 10.4. The summed E-state index contributed by atoms with van der Waals surface area (Å²) in [5.74, 6) is 2.74. The number of aromatic hydroxyl groups is 1. The van der Waals surface area contributed by atoms with Crippen LogP contribution in [0, 0.1) is 0 Å². The molecule has 0 fully saturated rings. The fourth-order valence-electron chi connectivity index (χ4n) is 3.09. The average molecular weight is 416 g/mol. The Hall–Kier alpha value is -2.05. The van der Waals surface area contributed by atoms with Gasteiger partial charge < -0.3 is 9.84 Å². The highest BCUT2D eigenvalue weighted by atomic mass is 32.3. The maximum absolute atomic E-state index is 10.4. The Morgan fingerprint density at radius 1 is 1.07 bits per heavy atom. The molecule has 1 aliphatic heterocycles. The molecule has 29 heavy (non-hydrogen) atoms. The summed E-state index contributed by atoms with van der Waals surface area (Å²) < 4.78 is 5.74. The summed E-state index contributed by atoms with van der Waals surface area (Å²) in [6, 6.07) is 10.4. The van der Waals surface area contributed by atoms with Crippen molar-refractivity contribution in [1.82, 2.24) is 9.99 Å². The van der Waals surface area contributed by atoms with Crippen LogP contribution in [0.4, 0.5) is 0 Å². The zero-order valence-electron chi connectivity index (χ0n) is 18.2. The quantitative estimate of drug-likeness (QED) is 0.587. The molecule has 158 valence electrons. The van der Waals surface area contributed by atoms with E-state index in [1.807, 2.05) is 11.1 Å². The molecule has 3 rings (SSSR count). The van der Waals surface area contributed by atoms with Crippen molar-refractivity contribution >= 4 is 15.9 Å². The van der Waals surface area contributed by atoms with Gasteiger partial charge in [0, 0.05) is 17.5 Å². The smallest absolute Gasteiger partial charge is 0.179 e. The highest BCUT2D eigenvalue weighted by molar-refractivity contribution is 8.32. The summed E-state index contributed by atoms with van der Waals surface area (Å²) in [7, 11) is -0.508. The fraction of sp³-hybridized carbons (Fsp3) is 0.478. The molecule has 0 atom stereocenters. The number of hydrogen-bond donors (Lipinski definition) is 1. The van der Waals surface area contributed by atoms with E-state index in [4.69, 9.17) is 4.74 Å². The average Bonchev–Trinajstić information content (AvgIpc) is 3.43. The molecule has 0 amide bonds. The van der Waals surface area contributed by atoms with Gasteiger partial charge in [-0.15, -0.1) is 5.10 Å². The minimum Gasteiger partial charge on any atom is -0.506 e. The number of rotatable bonds is 10. The molecule has 1 aromatic heterocycles. The van der Waals surface area contributed by atoms with E-state index in [0.717, 1.165) is 47.9 Å². The Kier molecular flexibility index (Phi) is 6.85. The normalized spacial score (nSPS) is 14.3. The van der Waals surface area contributed by atoms with Crippen molar-refractivity contribution in [3.05, 3.63) is 58.9 Å². The molecule has 0 radical (unpaired) electrons. The highest BCUT2D eigenvalue weighted by Crippen LogP contribution is 2.33. The lowest BCUT2D eigenvalue weighted by Gasteiger charge is -2.24. The SMILES string of the molecule is CC(C)c1ccnc(CCc2ccc(C3=NN3COCCS(C)(C)C)cc2)c1O. The van der Waals surface area contributed by atoms with Crippen LogP contribution in [-0.2, 0) is 17.6 Å². The van der Waals surface area contributed by atoms with E-state index in [2.05, 4.69) is 67.0 Å². The topological polar surface area (TPSA) is 57.7 Å². The van der Waals surface area contributed by atoms with E-state index < -0.39 is 10.0 Å². The van der Waals surface area contributed by atoms with E-state index in [-0.39, 0.29) is 5.92 Å². The number of benzene rings is 1. The summed E-state index contributed by atoms with van der Waals surface area (Å²) in [5, 5.41) is 16.7. The molecule has 6 heteroatoms. The number of amidine groups is 1. The first-order chi connectivity index (χ1) is 13.7. The van der Waals surface area contributed by atoms with Gasteiger partial charge in [-0.1, -0.05) is 38.1 Å². The number of aryl methyl sites for hydroxylation is 2. The van der Waals surface area contributed by atoms with Gasteiger partial charge in [0.1, 0.15) is 12.5 Å². The third-order valence-electron chi connectivity index (χ3n) is 4.99. The van der Waals surface area contributed by atoms with Crippen LogP contribution in [0.3, 0.4) is 0 Å². The van der Waals surface area contributed by atoms with Crippen molar-refractivity contribution < 1.29 is 9.84 Å². The van der Waals surface area contributed by atoms with Crippen LogP contribution in [0.2, 0.25) is 0 Å². The Morgan fingerprint density at radius 3 is 2.45 bits per heavy atom. The molecule has 0 spiro atoms.